The molecule has 0 atom stereocenters. The van der Waals surface area contributed by atoms with Crippen LogP contribution in [-0.4, -0.2) is 22.3 Å². The molecule has 0 aliphatic carbocycles. The van der Waals surface area contributed by atoms with Gasteiger partial charge in [0.2, 0.25) is 0 Å². The van der Waals surface area contributed by atoms with Gasteiger partial charge in [-0.2, -0.15) is 0 Å². The van der Waals surface area contributed by atoms with Gasteiger partial charge < -0.3 is 10.1 Å². The Hall–Kier alpha value is -3.14. The second-order valence-electron chi connectivity index (χ2n) is 7.82. The number of carboxylic acids is 1. The number of aldehydes is 1. The number of hydrogen-bond acceptors (Lipinski definition) is 2. The molecular weight excluding hydrogens is 410 g/mol. The molecule has 0 bridgehead atoms. The smallest absolute Gasteiger partial charge is 0.303 e. The lowest BCUT2D eigenvalue weighted by molar-refractivity contribution is -0.137. The number of rotatable bonds is 15. The van der Waals surface area contributed by atoms with Crippen molar-refractivity contribution in [1.29, 1.82) is 0 Å². The second kappa shape index (κ2) is 19.5. The number of carbonyl (C=O) groups excluding carboxylic acids is 1. The molecule has 1 heterocycles. The number of aliphatic carboxylic acids is 1. The molecule has 0 fully saturated rings. The van der Waals surface area contributed by atoms with Crippen LogP contribution >= 0.6 is 0 Å². The third kappa shape index (κ3) is 15.3. The maximum Gasteiger partial charge on any atom is 0.303 e. The fourth-order valence-corrected chi connectivity index (χ4v) is 3.07. The number of H-pyrrole nitrogens is 1. The molecule has 0 saturated heterocycles. The second-order valence-corrected chi connectivity index (χ2v) is 7.82. The van der Waals surface area contributed by atoms with Crippen LogP contribution in [0, 0.1) is 0 Å². The third-order valence-corrected chi connectivity index (χ3v) is 4.93. The first-order valence-corrected chi connectivity index (χ1v) is 12.0. The number of carboxylic acid groups (broad SMARTS) is 1. The molecule has 2 aromatic rings. The molecule has 4 heteroatoms. The number of aromatic amines is 1. The Bertz CT molecular complexity index is 902. The summed E-state index contributed by atoms with van der Waals surface area (Å²) < 4.78 is 0. The highest BCUT2D eigenvalue weighted by molar-refractivity contribution is 5.86. The van der Waals surface area contributed by atoms with E-state index in [4.69, 9.17) is 5.11 Å². The third-order valence-electron chi connectivity index (χ3n) is 4.93. The van der Waals surface area contributed by atoms with Gasteiger partial charge in [-0.25, -0.2) is 0 Å². The zero-order chi connectivity index (χ0) is 24.0. The van der Waals surface area contributed by atoms with Crippen molar-refractivity contribution >= 4 is 23.2 Å². The lowest BCUT2D eigenvalue weighted by Crippen LogP contribution is -1.92. The molecule has 0 aliphatic rings. The Morgan fingerprint density at radius 2 is 1.45 bits per heavy atom. The molecule has 2 N–H and O–H groups in total. The van der Waals surface area contributed by atoms with Crippen LogP contribution in [0.1, 0.15) is 81.5 Å². The van der Waals surface area contributed by atoms with Gasteiger partial charge in [0.25, 0.3) is 0 Å². The van der Waals surface area contributed by atoms with Crippen LogP contribution in [0.4, 0.5) is 0 Å². The molecule has 33 heavy (non-hydrogen) atoms. The van der Waals surface area contributed by atoms with E-state index in [1.165, 1.54) is 25.7 Å². The van der Waals surface area contributed by atoms with E-state index in [0.29, 0.717) is 5.56 Å². The van der Waals surface area contributed by atoms with Gasteiger partial charge in [0.1, 0.15) is 6.29 Å². The van der Waals surface area contributed by atoms with E-state index in [2.05, 4.69) is 60.5 Å². The molecule has 0 unspecified atom stereocenters. The Balaban J connectivity index is 0.000000405. The molecule has 0 amide bonds. The fraction of sp³-hybridized carbons (Fsp3) is 0.379. The average molecular weight is 450 g/mol. The first kappa shape index (κ1) is 27.9. The van der Waals surface area contributed by atoms with Crippen LogP contribution in [0.2, 0.25) is 0 Å². The maximum absolute atomic E-state index is 10.4. The van der Waals surface area contributed by atoms with Crippen molar-refractivity contribution in [3.8, 4) is 0 Å². The molecule has 4 nitrogen and oxygen atoms in total. The van der Waals surface area contributed by atoms with Gasteiger partial charge in [0, 0.05) is 23.7 Å². The van der Waals surface area contributed by atoms with Crippen molar-refractivity contribution in [3.05, 3.63) is 84.6 Å². The van der Waals surface area contributed by atoms with Gasteiger partial charge in [-0.3, -0.25) is 9.59 Å². The van der Waals surface area contributed by atoms with Gasteiger partial charge in [-0.1, -0.05) is 80.5 Å². The van der Waals surface area contributed by atoms with Crippen LogP contribution in [0.25, 0.3) is 10.9 Å². The number of nitrogens with one attached hydrogen (secondary N) is 1. The number of allylic oxidation sites excluding steroid dienone is 8. The molecule has 0 saturated carbocycles. The van der Waals surface area contributed by atoms with E-state index >= 15 is 0 Å². The quantitative estimate of drug-likeness (QED) is 0.163. The molecule has 1 aromatic carbocycles. The van der Waals surface area contributed by atoms with Crippen LogP contribution in [0.15, 0.2) is 79.1 Å². The fourth-order valence-electron chi connectivity index (χ4n) is 3.07. The van der Waals surface area contributed by atoms with Gasteiger partial charge in [0.15, 0.2) is 0 Å². The van der Waals surface area contributed by atoms with Crippen molar-refractivity contribution in [2.24, 2.45) is 0 Å². The van der Waals surface area contributed by atoms with Crippen LogP contribution < -0.4 is 0 Å². The Kier molecular flexibility index (Phi) is 16.5. The van der Waals surface area contributed by atoms with Crippen molar-refractivity contribution in [2.75, 3.05) is 0 Å². The number of fused-ring (bicyclic) bond motifs is 1. The first-order chi connectivity index (χ1) is 16.2. The summed E-state index contributed by atoms with van der Waals surface area (Å²) in [5.74, 6) is -0.712. The summed E-state index contributed by atoms with van der Waals surface area (Å²) in [6.45, 7) is 2.23. The molecule has 0 spiro atoms. The number of aromatic nitrogens is 1. The molecule has 0 radical (unpaired) electrons. The standard InChI is InChI=1S/C20H32O2.C9H7NO/c1-2-3-4-5-6-7-8-9-10-11-12-13-14-15-16-17-18-19-20(21)22;11-6-7-1-2-8-3-4-10-9(8)5-7/h6-7,9-10,12-13,15-16H,2-5,8,11,14,17-19H2,1H3,(H,21,22);1-6,10H. The van der Waals surface area contributed by atoms with E-state index in [1.807, 2.05) is 30.5 Å². The van der Waals surface area contributed by atoms with E-state index in [1.54, 1.807) is 0 Å². The highest BCUT2D eigenvalue weighted by Crippen LogP contribution is 2.12. The molecular formula is C29H39NO3. The summed E-state index contributed by atoms with van der Waals surface area (Å²) in [4.78, 5) is 23.7. The van der Waals surface area contributed by atoms with Gasteiger partial charge in [-0.05, 0) is 62.5 Å². The summed E-state index contributed by atoms with van der Waals surface area (Å²) in [6, 6.07) is 7.55. The highest BCUT2D eigenvalue weighted by atomic mass is 16.4. The summed E-state index contributed by atoms with van der Waals surface area (Å²) in [7, 11) is 0. The van der Waals surface area contributed by atoms with Crippen LogP contribution in [0.3, 0.4) is 0 Å². The van der Waals surface area contributed by atoms with Gasteiger partial charge in [-0.15, -0.1) is 0 Å². The molecule has 178 valence electrons. The predicted octanol–water partition coefficient (Wildman–Crippen LogP) is 8.20. The lowest BCUT2D eigenvalue weighted by atomic mass is 10.2. The van der Waals surface area contributed by atoms with E-state index in [-0.39, 0.29) is 6.42 Å². The minimum Gasteiger partial charge on any atom is -0.481 e. The monoisotopic (exact) mass is 449 g/mol. The summed E-state index contributed by atoms with van der Waals surface area (Å²) in [5.41, 5.74) is 1.72. The van der Waals surface area contributed by atoms with Crippen molar-refractivity contribution in [2.45, 2.75) is 71.1 Å². The molecule has 1 aromatic heterocycles. The predicted molar refractivity (Wildman–Crippen MR) is 140 cm³/mol. The Labute approximate surface area is 198 Å². The number of unbranched alkanes of at least 4 members (excludes halogenated alkanes) is 4. The first-order valence-electron chi connectivity index (χ1n) is 12.0. The van der Waals surface area contributed by atoms with E-state index in [9.17, 15) is 9.59 Å². The minimum absolute atomic E-state index is 0.262. The van der Waals surface area contributed by atoms with Crippen LogP contribution in [-0.2, 0) is 4.79 Å². The summed E-state index contributed by atoms with van der Waals surface area (Å²) in [5, 5.41) is 9.63. The Morgan fingerprint density at radius 3 is 2.03 bits per heavy atom. The van der Waals surface area contributed by atoms with Crippen LogP contribution in [0.5, 0.6) is 0 Å². The normalized spacial score (nSPS) is 11.7. The zero-order valence-corrected chi connectivity index (χ0v) is 19.9. The number of hydrogen-bond donors (Lipinski definition) is 2. The minimum atomic E-state index is -0.712. The highest BCUT2D eigenvalue weighted by Gasteiger charge is 1.94. The molecule has 0 aliphatic heterocycles. The summed E-state index contributed by atoms with van der Waals surface area (Å²) in [6.07, 6.45) is 30.0. The van der Waals surface area contributed by atoms with Crippen molar-refractivity contribution in [3.63, 3.8) is 0 Å². The van der Waals surface area contributed by atoms with E-state index < -0.39 is 5.97 Å². The summed E-state index contributed by atoms with van der Waals surface area (Å²) >= 11 is 0. The lowest BCUT2D eigenvalue weighted by Gasteiger charge is -1.90. The SMILES string of the molecule is CCCCCC=CCC=CCC=CCC=CCCCC(=O)O.O=Cc1ccc2cc[nH]c2c1. The average Bonchev–Trinajstić information content (AvgIpc) is 3.29. The van der Waals surface area contributed by atoms with E-state index in [0.717, 1.165) is 49.3 Å². The zero-order valence-electron chi connectivity index (χ0n) is 19.9. The van der Waals surface area contributed by atoms with Crippen molar-refractivity contribution < 1.29 is 14.7 Å². The number of carbonyl (C=O) groups is 2. The van der Waals surface area contributed by atoms with Gasteiger partial charge >= 0.3 is 5.97 Å². The topological polar surface area (TPSA) is 70.2 Å². The maximum atomic E-state index is 10.4. The largest absolute Gasteiger partial charge is 0.481 e. The Morgan fingerprint density at radius 1 is 0.848 bits per heavy atom. The number of benzene rings is 1. The molecule has 2 rings (SSSR count). The van der Waals surface area contributed by atoms with Crippen molar-refractivity contribution in [1.82, 2.24) is 4.98 Å². The van der Waals surface area contributed by atoms with Gasteiger partial charge in [0.05, 0.1) is 0 Å².